The van der Waals surface area contributed by atoms with E-state index in [1.807, 2.05) is 18.2 Å². The molecule has 1 aromatic heterocycles. The van der Waals surface area contributed by atoms with Crippen LogP contribution in [0.15, 0.2) is 24.3 Å². The van der Waals surface area contributed by atoms with Gasteiger partial charge < -0.3 is 0 Å². The van der Waals surface area contributed by atoms with Crippen molar-refractivity contribution in [1.29, 1.82) is 0 Å². The summed E-state index contributed by atoms with van der Waals surface area (Å²) >= 11 is 18.2. The van der Waals surface area contributed by atoms with Crippen LogP contribution in [0.5, 0.6) is 0 Å². The van der Waals surface area contributed by atoms with Gasteiger partial charge in [-0.25, -0.2) is 9.97 Å². The first-order valence-electron chi connectivity index (χ1n) is 4.54. The van der Waals surface area contributed by atoms with Crippen molar-refractivity contribution in [3.05, 3.63) is 45.4 Å². The van der Waals surface area contributed by atoms with E-state index in [-0.39, 0.29) is 0 Å². The van der Waals surface area contributed by atoms with Crippen molar-refractivity contribution >= 4 is 34.8 Å². The van der Waals surface area contributed by atoms with Gasteiger partial charge in [-0.05, 0) is 13.0 Å². The Morgan fingerprint density at radius 3 is 2.06 bits per heavy atom. The normalized spacial score (nSPS) is 10.5. The largest absolute Gasteiger partial charge is 0.221 e. The number of hydrogen-bond acceptors (Lipinski definition) is 2. The Bertz CT molecular complexity index is 517. The van der Waals surface area contributed by atoms with Crippen LogP contribution in [-0.2, 0) is 0 Å². The second kappa shape index (κ2) is 4.58. The van der Waals surface area contributed by atoms with E-state index in [0.29, 0.717) is 26.7 Å². The van der Waals surface area contributed by atoms with Gasteiger partial charge in [-0.15, -0.1) is 0 Å². The predicted molar refractivity (Wildman–Crippen MR) is 67.2 cm³/mol. The molecule has 0 radical (unpaired) electrons. The van der Waals surface area contributed by atoms with Crippen molar-refractivity contribution < 1.29 is 0 Å². The smallest absolute Gasteiger partial charge is 0.142 e. The molecule has 0 aliphatic heterocycles. The van der Waals surface area contributed by atoms with E-state index in [2.05, 4.69) is 9.97 Å². The summed E-state index contributed by atoms with van der Waals surface area (Å²) in [5.41, 5.74) is 1.30. The SMILES string of the molecule is Cc1nc(Cl)c(-c2ccccc2Cl)c(Cl)n1. The maximum atomic E-state index is 6.07. The highest BCUT2D eigenvalue weighted by molar-refractivity contribution is 6.40. The highest BCUT2D eigenvalue weighted by atomic mass is 35.5. The summed E-state index contributed by atoms with van der Waals surface area (Å²) in [5, 5.41) is 1.19. The Labute approximate surface area is 108 Å². The van der Waals surface area contributed by atoms with Gasteiger partial charge in [-0.3, -0.25) is 0 Å². The van der Waals surface area contributed by atoms with Crippen LogP contribution in [0.4, 0.5) is 0 Å². The molecular formula is C11H7Cl3N2. The fraction of sp³-hybridized carbons (Fsp3) is 0.0909. The maximum absolute atomic E-state index is 6.07. The Hall–Kier alpha value is -0.830. The fourth-order valence-electron chi connectivity index (χ4n) is 1.39. The molecule has 0 saturated carbocycles. The number of nitrogens with zero attached hydrogens (tertiary/aromatic N) is 2. The first-order chi connectivity index (χ1) is 7.59. The van der Waals surface area contributed by atoms with E-state index < -0.39 is 0 Å². The van der Waals surface area contributed by atoms with Gasteiger partial charge in [0.05, 0.1) is 5.56 Å². The number of hydrogen-bond donors (Lipinski definition) is 0. The maximum Gasteiger partial charge on any atom is 0.142 e. The average Bonchev–Trinajstić information content (AvgIpc) is 2.19. The molecule has 0 unspecified atom stereocenters. The van der Waals surface area contributed by atoms with E-state index in [4.69, 9.17) is 34.8 Å². The van der Waals surface area contributed by atoms with Gasteiger partial charge in [0.2, 0.25) is 0 Å². The Balaban J connectivity index is 2.70. The molecule has 0 atom stereocenters. The summed E-state index contributed by atoms with van der Waals surface area (Å²) in [6.45, 7) is 1.73. The molecule has 2 nitrogen and oxygen atoms in total. The second-order valence-electron chi connectivity index (χ2n) is 3.21. The summed E-state index contributed by atoms with van der Waals surface area (Å²) < 4.78 is 0. The van der Waals surface area contributed by atoms with E-state index in [0.717, 1.165) is 5.56 Å². The lowest BCUT2D eigenvalue weighted by molar-refractivity contribution is 1.06. The topological polar surface area (TPSA) is 25.8 Å². The standard InChI is InChI=1S/C11H7Cl3N2/c1-6-15-10(13)9(11(14)16-6)7-4-2-3-5-8(7)12/h2-5H,1H3. The first-order valence-corrected chi connectivity index (χ1v) is 5.67. The number of aryl methyl sites for hydroxylation is 1. The Morgan fingerprint density at radius 2 is 1.50 bits per heavy atom. The zero-order chi connectivity index (χ0) is 11.7. The van der Waals surface area contributed by atoms with Gasteiger partial charge in [0, 0.05) is 10.6 Å². The highest BCUT2D eigenvalue weighted by Crippen LogP contribution is 2.36. The second-order valence-corrected chi connectivity index (χ2v) is 4.33. The summed E-state index contributed by atoms with van der Waals surface area (Å²) in [6, 6.07) is 7.29. The van der Waals surface area contributed by atoms with Gasteiger partial charge in [-0.1, -0.05) is 53.0 Å². The zero-order valence-electron chi connectivity index (χ0n) is 8.34. The summed E-state index contributed by atoms with van der Waals surface area (Å²) in [7, 11) is 0. The molecule has 2 rings (SSSR count). The number of benzene rings is 1. The van der Waals surface area contributed by atoms with Gasteiger partial charge in [0.25, 0.3) is 0 Å². The van der Waals surface area contributed by atoms with Crippen LogP contribution in [0.2, 0.25) is 15.3 Å². The van der Waals surface area contributed by atoms with Gasteiger partial charge in [0.15, 0.2) is 0 Å². The van der Waals surface area contributed by atoms with Crippen LogP contribution in [0, 0.1) is 6.92 Å². The molecule has 5 heteroatoms. The fourth-order valence-corrected chi connectivity index (χ4v) is 2.30. The number of halogens is 3. The summed E-state index contributed by atoms with van der Waals surface area (Å²) in [5.74, 6) is 0.533. The van der Waals surface area contributed by atoms with E-state index in [1.54, 1.807) is 13.0 Å². The summed E-state index contributed by atoms with van der Waals surface area (Å²) in [6.07, 6.45) is 0. The van der Waals surface area contributed by atoms with Crippen molar-refractivity contribution in [2.75, 3.05) is 0 Å². The Morgan fingerprint density at radius 1 is 0.938 bits per heavy atom. The van der Waals surface area contributed by atoms with Crippen molar-refractivity contribution in [3.8, 4) is 11.1 Å². The van der Waals surface area contributed by atoms with Gasteiger partial charge >= 0.3 is 0 Å². The molecular weight excluding hydrogens is 266 g/mol. The van der Waals surface area contributed by atoms with Crippen LogP contribution in [0.1, 0.15) is 5.82 Å². The van der Waals surface area contributed by atoms with Gasteiger partial charge in [0.1, 0.15) is 16.1 Å². The lowest BCUT2D eigenvalue weighted by atomic mass is 10.1. The monoisotopic (exact) mass is 272 g/mol. The van der Waals surface area contributed by atoms with E-state index in [9.17, 15) is 0 Å². The number of rotatable bonds is 1. The third-order valence-electron chi connectivity index (χ3n) is 2.08. The molecule has 0 fully saturated rings. The molecule has 0 aliphatic carbocycles. The average molecular weight is 274 g/mol. The lowest BCUT2D eigenvalue weighted by Gasteiger charge is -2.08. The molecule has 2 aromatic rings. The lowest BCUT2D eigenvalue weighted by Crippen LogP contribution is -1.93. The molecule has 0 spiro atoms. The third kappa shape index (κ3) is 2.14. The van der Waals surface area contributed by atoms with E-state index in [1.165, 1.54) is 0 Å². The first kappa shape index (κ1) is 11.6. The molecule has 0 N–H and O–H groups in total. The van der Waals surface area contributed by atoms with Crippen LogP contribution in [-0.4, -0.2) is 9.97 Å². The molecule has 0 saturated heterocycles. The van der Waals surface area contributed by atoms with Crippen LogP contribution in [0.25, 0.3) is 11.1 Å². The van der Waals surface area contributed by atoms with Crippen LogP contribution < -0.4 is 0 Å². The zero-order valence-corrected chi connectivity index (χ0v) is 10.6. The molecule has 0 aliphatic rings. The quantitative estimate of drug-likeness (QED) is 0.719. The van der Waals surface area contributed by atoms with Crippen molar-refractivity contribution in [1.82, 2.24) is 9.97 Å². The van der Waals surface area contributed by atoms with Crippen molar-refractivity contribution in [2.24, 2.45) is 0 Å². The molecule has 1 aromatic carbocycles. The molecule has 0 amide bonds. The number of aromatic nitrogens is 2. The van der Waals surface area contributed by atoms with Crippen LogP contribution in [0.3, 0.4) is 0 Å². The van der Waals surface area contributed by atoms with Crippen molar-refractivity contribution in [3.63, 3.8) is 0 Å². The molecule has 16 heavy (non-hydrogen) atoms. The Kier molecular flexibility index (Phi) is 3.33. The minimum Gasteiger partial charge on any atom is -0.221 e. The van der Waals surface area contributed by atoms with Crippen molar-refractivity contribution in [2.45, 2.75) is 6.92 Å². The third-order valence-corrected chi connectivity index (χ3v) is 2.95. The minimum absolute atomic E-state index is 0.311. The molecule has 0 bridgehead atoms. The molecule has 82 valence electrons. The summed E-state index contributed by atoms with van der Waals surface area (Å²) in [4.78, 5) is 8.13. The predicted octanol–water partition coefficient (Wildman–Crippen LogP) is 4.41. The van der Waals surface area contributed by atoms with Crippen LogP contribution >= 0.6 is 34.8 Å². The minimum atomic E-state index is 0.311. The van der Waals surface area contributed by atoms with Gasteiger partial charge in [-0.2, -0.15) is 0 Å². The molecule has 1 heterocycles. The van der Waals surface area contributed by atoms with E-state index >= 15 is 0 Å². The highest BCUT2D eigenvalue weighted by Gasteiger charge is 2.14.